The molecule has 18 heteroatoms. The number of ether oxygens (including phenoxy) is 4. The van der Waals surface area contributed by atoms with Crippen molar-refractivity contribution >= 4 is 85.4 Å². The smallest absolute Gasteiger partial charge is 0.491 e. The van der Waals surface area contributed by atoms with Crippen molar-refractivity contribution in [1.82, 2.24) is 10.6 Å². The molecule has 0 saturated heterocycles. The summed E-state index contributed by atoms with van der Waals surface area (Å²) in [6.45, 7) is 19.9. The molecule has 2 unspecified atom stereocenters. The summed E-state index contributed by atoms with van der Waals surface area (Å²) in [5.74, 6) is 1.41. The number of carbonyl (C=O) groups is 2. The average Bonchev–Trinajstić information content (AvgIpc) is 3.43. The maximum absolute atomic E-state index is 11.9. The SMILES string of the molecule is CC(C)(C)OC(=O)NCC1OB2OC(C)(C)COc3ccc(Cl)c1c32.CC(C)(C)OC(=O)NCC1OB2OC(C)(C)COc3ccc(Cl)c1c32.Cl.Cl. The number of amides is 2. The summed E-state index contributed by atoms with van der Waals surface area (Å²) >= 11 is 12.8. The third-order valence-electron chi connectivity index (χ3n) is 7.74. The van der Waals surface area contributed by atoms with Crippen LogP contribution < -0.4 is 31.0 Å². The van der Waals surface area contributed by atoms with Gasteiger partial charge in [-0.25, -0.2) is 9.59 Å². The predicted octanol–water partition coefficient (Wildman–Crippen LogP) is 6.48. The van der Waals surface area contributed by atoms with E-state index >= 15 is 0 Å². The van der Waals surface area contributed by atoms with Gasteiger partial charge in [0.05, 0.1) is 23.4 Å². The highest BCUT2D eigenvalue weighted by atomic mass is 35.5. The third-order valence-corrected chi connectivity index (χ3v) is 8.40. The minimum atomic E-state index is -0.577. The Morgan fingerprint density at radius 2 is 1.06 bits per heavy atom. The van der Waals surface area contributed by atoms with Crippen molar-refractivity contribution in [1.29, 1.82) is 0 Å². The molecule has 0 aliphatic carbocycles. The summed E-state index contributed by atoms with van der Waals surface area (Å²) in [6.07, 6.45) is -1.87. The number of rotatable bonds is 4. The number of halogens is 4. The number of carbonyl (C=O) groups excluding carboxylic acids is 2. The normalized spacial score (nSPS) is 20.4. The van der Waals surface area contributed by atoms with E-state index in [9.17, 15) is 9.59 Å². The zero-order valence-electron chi connectivity index (χ0n) is 31.1. The molecular formula is C34H48B2Cl4N2O10. The van der Waals surface area contributed by atoms with Crippen molar-refractivity contribution in [2.45, 2.75) is 104 Å². The molecule has 0 fully saturated rings. The van der Waals surface area contributed by atoms with E-state index in [0.717, 1.165) is 22.1 Å². The maximum atomic E-state index is 11.9. The van der Waals surface area contributed by atoms with E-state index < -0.39 is 61.0 Å². The van der Waals surface area contributed by atoms with Crippen LogP contribution in [-0.4, -0.2) is 75.1 Å². The quantitative estimate of drug-likeness (QED) is 0.331. The lowest BCUT2D eigenvalue weighted by atomic mass is 9.77. The molecule has 52 heavy (non-hydrogen) atoms. The molecule has 288 valence electrons. The molecule has 0 radical (unpaired) electrons. The molecular weight excluding hydrogens is 760 g/mol. The van der Waals surface area contributed by atoms with Gasteiger partial charge in [-0.3, -0.25) is 0 Å². The van der Waals surface area contributed by atoms with Crippen molar-refractivity contribution in [2.75, 3.05) is 26.3 Å². The second kappa shape index (κ2) is 16.6. The van der Waals surface area contributed by atoms with Crippen LogP contribution in [0.25, 0.3) is 0 Å². The zero-order valence-corrected chi connectivity index (χ0v) is 34.2. The van der Waals surface area contributed by atoms with Gasteiger partial charge in [0.15, 0.2) is 0 Å². The Labute approximate surface area is 329 Å². The van der Waals surface area contributed by atoms with E-state index in [2.05, 4.69) is 10.6 Å². The number of alkyl carbamates (subject to hydrolysis) is 2. The number of hydrogen-bond acceptors (Lipinski definition) is 10. The highest BCUT2D eigenvalue weighted by Crippen LogP contribution is 2.38. The Morgan fingerprint density at radius 1 is 0.712 bits per heavy atom. The molecule has 2 aromatic carbocycles. The minimum absolute atomic E-state index is 0. The fourth-order valence-electron chi connectivity index (χ4n) is 5.75. The van der Waals surface area contributed by atoms with Crippen molar-refractivity contribution in [2.24, 2.45) is 0 Å². The molecule has 0 bridgehead atoms. The van der Waals surface area contributed by atoms with E-state index in [4.69, 9.17) is 60.8 Å². The molecule has 2 aromatic rings. The van der Waals surface area contributed by atoms with E-state index in [1.165, 1.54) is 0 Å². The van der Waals surface area contributed by atoms with E-state index in [1.807, 2.05) is 81.4 Å². The summed E-state index contributed by atoms with van der Waals surface area (Å²) in [5.41, 5.74) is 1.06. The molecule has 2 N–H and O–H groups in total. The first-order valence-corrected chi connectivity index (χ1v) is 17.4. The molecule has 2 amide bonds. The van der Waals surface area contributed by atoms with Crippen LogP contribution in [0.1, 0.15) is 92.6 Å². The first-order chi connectivity index (χ1) is 23.1. The lowest BCUT2D eigenvalue weighted by molar-refractivity contribution is 0.0249. The first-order valence-electron chi connectivity index (χ1n) is 16.6. The Hall–Kier alpha value is -2.29. The van der Waals surface area contributed by atoms with Crippen LogP contribution in [0.15, 0.2) is 24.3 Å². The largest absolute Gasteiger partial charge is 0.499 e. The van der Waals surface area contributed by atoms with Gasteiger partial charge in [-0.1, -0.05) is 23.2 Å². The summed E-state index contributed by atoms with van der Waals surface area (Å²) in [6, 6.07) is 7.21. The standard InChI is InChI=1S/2C17H23BClNO5.2ClH/c2*1-16(2,3)23-15(21)20-8-12-13-10(19)6-7-11-14(13)18(24-12)25-17(4,5)9-22-11;;/h2*6-7,12H,8-9H2,1-5H3,(H,20,21);2*1H. The summed E-state index contributed by atoms with van der Waals surface area (Å²) < 4.78 is 46.4. The highest BCUT2D eigenvalue weighted by molar-refractivity contribution is 6.65. The van der Waals surface area contributed by atoms with Gasteiger partial charge < -0.3 is 48.2 Å². The Balaban J connectivity index is 0.000000270. The first kappa shape index (κ1) is 44.1. The second-order valence-corrected chi connectivity index (χ2v) is 16.6. The van der Waals surface area contributed by atoms with E-state index in [-0.39, 0.29) is 37.9 Å². The molecule has 0 spiro atoms. The highest BCUT2D eigenvalue weighted by Gasteiger charge is 2.48. The molecule has 12 nitrogen and oxygen atoms in total. The Morgan fingerprint density at radius 3 is 1.38 bits per heavy atom. The van der Waals surface area contributed by atoms with Crippen molar-refractivity contribution < 1.29 is 47.2 Å². The van der Waals surface area contributed by atoms with Crippen LogP contribution in [0.5, 0.6) is 11.5 Å². The maximum Gasteiger partial charge on any atom is 0.499 e. The molecule has 2 atom stereocenters. The van der Waals surface area contributed by atoms with Gasteiger partial charge in [0.2, 0.25) is 0 Å². The van der Waals surface area contributed by atoms with Crippen molar-refractivity contribution in [3.05, 3.63) is 45.4 Å². The van der Waals surface area contributed by atoms with Crippen LogP contribution in [-0.2, 0) is 28.1 Å². The van der Waals surface area contributed by atoms with Gasteiger partial charge in [-0.05, 0) is 93.5 Å². The monoisotopic (exact) mass is 806 g/mol. The van der Waals surface area contributed by atoms with Gasteiger partial charge in [0.1, 0.15) is 35.9 Å². The average molecular weight is 808 g/mol. The summed E-state index contributed by atoms with van der Waals surface area (Å²) in [4.78, 5) is 23.8. The number of hydrogen-bond donors (Lipinski definition) is 2. The van der Waals surface area contributed by atoms with Gasteiger partial charge in [-0.15, -0.1) is 24.8 Å². The molecule has 4 aliphatic rings. The van der Waals surface area contributed by atoms with Crippen molar-refractivity contribution in [3.63, 3.8) is 0 Å². The van der Waals surface area contributed by atoms with E-state index in [0.29, 0.717) is 34.8 Å². The minimum Gasteiger partial charge on any atom is -0.491 e. The van der Waals surface area contributed by atoms with Gasteiger partial charge >= 0.3 is 26.4 Å². The molecule has 6 rings (SSSR count). The molecule has 0 saturated carbocycles. The molecule has 0 aromatic heterocycles. The zero-order chi connectivity index (χ0) is 36.8. The van der Waals surface area contributed by atoms with Gasteiger partial charge in [0.25, 0.3) is 0 Å². The van der Waals surface area contributed by atoms with Crippen LogP contribution in [0, 0.1) is 0 Å². The van der Waals surface area contributed by atoms with Crippen LogP contribution in [0.3, 0.4) is 0 Å². The number of benzene rings is 2. The Bertz CT molecular complexity index is 1500. The predicted molar refractivity (Wildman–Crippen MR) is 206 cm³/mol. The van der Waals surface area contributed by atoms with Crippen molar-refractivity contribution in [3.8, 4) is 11.5 Å². The number of nitrogens with one attached hydrogen (secondary N) is 2. The summed E-state index contributed by atoms with van der Waals surface area (Å²) in [7, 11) is -1.15. The van der Waals surface area contributed by atoms with Gasteiger partial charge in [0, 0.05) is 45.2 Å². The second-order valence-electron chi connectivity index (χ2n) is 15.8. The van der Waals surface area contributed by atoms with Crippen LogP contribution in [0.2, 0.25) is 10.0 Å². The lowest BCUT2D eigenvalue weighted by Crippen LogP contribution is -2.41. The fourth-order valence-corrected chi connectivity index (χ4v) is 6.32. The fraction of sp³-hybridized carbons (Fsp3) is 0.588. The van der Waals surface area contributed by atoms with Crippen LogP contribution in [0.4, 0.5) is 9.59 Å². The third kappa shape index (κ3) is 10.9. The van der Waals surface area contributed by atoms with Gasteiger partial charge in [-0.2, -0.15) is 0 Å². The van der Waals surface area contributed by atoms with E-state index in [1.54, 1.807) is 12.1 Å². The van der Waals surface area contributed by atoms with Crippen LogP contribution >= 0.6 is 48.0 Å². The topological polar surface area (TPSA) is 132 Å². The Kier molecular flexibility index (Phi) is 14.1. The lowest BCUT2D eigenvalue weighted by Gasteiger charge is -2.25. The summed E-state index contributed by atoms with van der Waals surface area (Å²) in [5, 5.41) is 6.58. The molecule has 4 aliphatic heterocycles. The molecule has 4 heterocycles.